The lowest BCUT2D eigenvalue weighted by Crippen LogP contribution is -2.21. The fourth-order valence-electron chi connectivity index (χ4n) is 3.84. The average Bonchev–Trinajstić information content (AvgIpc) is 2.72. The Morgan fingerprint density at radius 2 is 1.46 bits per heavy atom. The number of allylic oxidation sites excluding steroid dienone is 1. The van der Waals surface area contributed by atoms with Gasteiger partial charge in [-0.05, 0) is 67.5 Å². The molecule has 0 amide bonds. The van der Waals surface area contributed by atoms with Crippen LogP contribution in [0, 0.1) is 13.8 Å². The van der Waals surface area contributed by atoms with Gasteiger partial charge in [-0.15, -0.1) is 0 Å². The molecule has 1 fully saturated rings. The van der Waals surface area contributed by atoms with Crippen LogP contribution < -0.4 is 11.5 Å². The minimum atomic E-state index is 0.373. The minimum Gasteiger partial charge on any atom is -0.384 e. The Bertz CT molecular complexity index is 686. The van der Waals surface area contributed by atoms with Gasteiger partial charge in [0.2, 0.25) is 0 Å². The highest BCUT2D eigenvalue weighted by atomic mass is 14.8. The standard InChI is InChI=1S/C14H19N.C6H12.C5H6N2/c1-10-4-3-5-11(2)14(10)12-6-8-13(15)9-7-12;1-2-4-6-5-3-1;6-5-3-1-2-4-7-5/h3-6,13H,7-9,15H2,1-2H3;1-6H2;1-4H,(H2,6,7). The molecule has 1 aromatic carbocycles. The zero-order chi connectivity index (χ0) is 20.2. The number of nitrogens with zero attached hydrogens (tertiary/aromatic N) is 1. The number of hydrogen-bond acceptors (Lipinski definition) is 3. The van der Waals surface area contributed by atoms with Gasteiger partial charge in [-0.25, -0.2) is 4.98 Å². The number of aromatic nitrogens is 1. The Kier molecular flexibility index (Phi) is 9.78. The number of pyridine rings is 1. The van der Waals surface area contributed by atoms with Crippen LogP contribution in [-0.4, -0.2) is 11.0 Å². The molecule has 3 heteroatoms. The molecule has 1 aromatic heterocycles. The second kappa shape index (κ2) is 12.4. The lowest BCUT2D eigenvalue weighted by Gasteiger charge is -2.21. The van der Waals surface area contributed by atoms with E-state index in [1.54, 1.807) is 12.3 Å². The van der Waals surface area contributed by atoms with E-state index >= 15 is 0 Å². The van der Waals surface area contributed by atoms with E-state index in [9.17, 15) is 0 Å². The molecule has 0 aliphatic heterocycles. The normalized spacial score (nSPS) is 18.7. The molecule has 4 rings (SSSR count). The van der Waals surface area contributed by atoms with E-state index in [4.69, 9.17) is 11.5 Å². The Hall–Kier alpha value is -2.13. The van der Waals surface area contributed by atoms with E-state index in [1.807, 2.05) is 12.1 Å². The molecule has 1 saturated carbocycles. The zero-order valence-electron chi connectivity index (χ0n) is 17.7. The lowest BCUT2D eigenvalue weighted by molar-refractivity contribution is 0.504. The monoisotopic (exact) mass is 379 g/mol. The molecule has 2 aliphatic rings. The molecule has 0 spiro atoms. The van der Waals surface area contributed by atoms with Crippen molar-refractivity contribution in [1.29, 1.82) is 0 Å². The predicted molar refractivity (Wildman–Crippen MR) is 122 cm³/mol. The Labute approximate surface area is 171 Å². The molecular weight excluding hydrogens is 342 g/mol. The van der Waals surface area contributed by atoms with Gasteiger partial charge in [0, 0.05) is 12.2 Å². The van der Waals surface area contributed by atoms with Gasteiger partial charge >= 0.3 is 0 Å². The van der Waals surface area contributed by atoms with Crippen molar-refractivity contribution in [2.24, 2.45) is 5.73 Å². The molecule has 28 heavy (non-hydrogen) atoms. The molecule has 4 N–H and O–H groups in total. The average molecular weight is 380 g/mol. The number of aryl methyl sites for hydroxylation is 2. The van der Waals surface area contributed by atoms with Crippen molar-refractivity contribution in [2.75, 3.05) is 5.73 Å². The minimum absolute atomic E-state index is 0.373. The number of benzene rings is 1. The van der Waals surface area contributed by atoms with Crippen molar-refractivity contribution < 1.29 is 0 Å². The first-order chi connectivity index (χ1) is 13.6. The van der Waals surface area contributed by atoms with Crippen molar-refractivity contribution in [1.82, 2.24) is 4.98 Å². The second-order valence-electron chi connectivity index (χ2n) is 7.91. The molecule has 0 radical (unpaired) electrons. The van der Waals surface area contributed by atoms with Crippen LogP contribution in [0.5, 0.6) is 0 Å². The van der Waals surface area contributed by atoms with E-state index < -0.39 is 0 Å². The summed E-state index contributed by atoms with van der Waals surface area (Å²) in [7, 11) is 0. The lowest BCUT2D eigenvalue weighted by atomic mass is 9.87. The molecule has 1 heterocycles. The Morgan fingerprint density at radius 3 is 1.86 bits per heavy atom. The highest BCUT2D eigenvalue weighted by Gasteiger charge is 2.14. The summed E-state index contributed by atoms with van der Waals surface area (Å²) in [5, 5.41) is 0. The van der Waals surface area contributed by atoms with Crippen LogP contribution >= 0.6 is 0 Å². The highest BCUT2D eigenvalue weighted by Crippen LogP contribution is 2.30. The maximum atomic E-state index is 5.91. The third-order valence-electron chi connectivity index (χ3n) is 5.44. The topological polar surface area (TPSA) is 64.9 Å². The molecule has 152 valence electrons. The van der Waals surface area contributed by atoms with Crippen molar-refractivity contribution in [2.45, 2.75) is 77.7 Å². The van der Waals surface area contributed by atoms with E-state index in [0.717, 1.165) is 19.3 Å². The number of nitrogens with two attached hydrogens (primary N) is 2. The molecule has 3 nitrogen and oxygen atoms in total. The first-order valence-corrected chi connectivity index (χ1v) is 10.8. The van der Waals surface area contributed by atoms with E-state index in [0.29, 0.717) is 11.9 Å². The SMILES string of the molecule is C1CCCCC1.Cc1cccc(C)c1C1=CCC(N)CC1.Nc1ccccn1. The number of rotatable bonds is 1. The van der Waals surface area contributed by atoms with Gasteiger partial charge in [0.05, 0.1) is 0 Å². The summed E-state index contributed by atoms with van der Waals surface area (Å²) in [5.74, 6) is 0.572. The van der Waals surface area contributed by atoms with Crippen LogP contribution in [0.4, 0.5) is 5.82 Å². The first kappa shape index (κ1) is 22.2. The first-order valence-electron chi connectivity index (χ1n) is 10.8. The van der Waals surface area contributed by atoms with Gasteiger partial charge in [-0.2, -0.15) is 0 Å². The van der Waals surface area contributed by atoms with Crippen LogP contribution in [0.2, 0.25) is 0 Å². The van der Waals surface area contributed by atoms with Gasteiger partial charge < -0.3 is 11.5 Å². The van der Waals surface area contributed by atoms with Crippen LogP contribution in [0.1, 0.15) is 74.5 Å². The Balaban J connectivity index is 0.000000178. The fourth-order valence-corrected chi connectivity index (χ4v) is 3.84. The highest BCUT2D eigenvalue weighted by molar-refractivity contribution is 5.71. The van der Waals surface area contributed by atoms with Crippen LogP contribution in [0.25, 0.3) is 5.57 Å². The van der Waals surface area contributed by atoms with Crippen LogP contribution in [-0.2, 0) is 0 Å². The maximum Gasteiger partial charge on any atom is 0.123 e. The summed E-state index contributed by atoms with van der Waals surface area (Å²) in [6, 6.07) is 12.3. The molecule has 0 bridgehead atoms. The summed E-state index contributed by atoms with van der Waals surface area (Å²) < 4.78 is 0. The smallest absolute Gasteiger partial charge is 0.123 e. The third kappa shape index (κ3) is 7.85. The van der Waals surface area contributed by atoms with Crippen molar-refractivity contribution >= 4 is 11.4 Å². The molecule has 1 atom stereocenters. The summed E-state index contributed by atoms with van der Waals surface area (Å²) >= 11 is 0. The third-order valence-corrected chi connectivity index (χ3v) is 5.44. The molecule has 0 saturated heterocycles. The van der Waals surface area contributed by atoms with Gasteiger partial charge in [0.25, 0.3) is 0 Å². The molecule has 2 aliphatic carbocycles. The summed E-state index contributed by atoms with van der Waals surface area (Å²) in [4.78, 5) is 3.76. The van der Waals surface area contributed by atoms with Gasteiger partial charge in [0.15, 0.2) is 0 Å². The van der Waals surface area contributed by atoms with Crippen LogP contribution in [0.15, 0.2) is 48.7 Å². The van der Waals surface area contributed by atoms with Crippen molar-refractivity contribution in [3.05, 3.63) is 65.4 Å². The number of nitrogen functional groups attached to an aromatic ring is 1. The van der Waals surface area contributed by atoms with Crippen molar-refractivity contribution in [3.63, 3.8) is 0 Å². The molecular formula is C25H37N3. The van der Waals surface area contributed by atoms with Gasteiger partial charge in [-0.1, -0.05) is 68.9 Å². The Morgan fingerprint density at radius 1 is 0.857 bits per heavy atom. The summed E-state index contributed by atoms with van der Waals surface area (Å²) in [5.41, 5.74) is 16.9. The van der Waals surface area contributed by atoms with Crippen molar-refractivity contribution in [3.8, 4) is 0 Å². The fraction of sp³-hybridized carbons (Fsp3) is 0.480. The van der Waals surface area contributed by atoms with E-state index in [-0.39, 0.29) is 0 Å². The largest absolute Gasteiger partial charge is 0.384 e. The molecule has 2 aromatic rings. The molecule has 1 unspecified atom stereocenters. The van der Waals surface area contributed by atoms with Crippen LogP contribution in [0.3, 0.4) is 0 Å². The summed E-state index contributed by atoms with van der Waals surface area (Å²) in [6.45, 7) is 4.38. The second-order valence-corrected chi connectivity index (χ2v) is 7.91. The number of anilines is 1. The summed E-state index contributed by atoms with van der Waals surface area (Å²) in [6.07, 6.45) is 16.3. The zero-order valence-corrected chi connectivity index (χ0v) is 17.7. The predicted octanol–water partition coefficient (Wildman–Crippen LogP) is 6.20. The van der Waals surface area contributed by atoms with E-state index in [1.165, 1.54) is 60.8 Å². The van der Waals surface area contributed by atoms with Gasteiger partial charge in [-0.3, -0.25) is 0 Å². The number of hydrogen-bond donors (Lipinski definition) is 2. The quantitative estimate of drug-likeness (QED) is 0.619. The van der Waals surface area contributed by atoms with E-state index in [2.05, 4.69) is 43.1 Å². The maximum absolute atomic E-state index is 5.91. The van der Waals surface area contributed by atoms with Gasteiger partial charge in [0.1, 0.15) is 5.82 Å².